The van der Waals surface area contributed by atoms with Gasteiger partial charge in [-0.2, -0.15) is 0 Å². The molecule has 17 heavy (non-hydrogen) atoms. The number of hydrogen-bond acceptors (Lipinski definition) is 3. The minimum Gasteiger partial charge on any atom is -0.481 e. The molecular weight excluding hydrogens is 220 g/mol. The summed E-state index contributed by atoms with van der Waals surface area (Å²) in [6.45, 7) is 7.24. The first-order chi connectivity index (χ1) is 8.01. The van der Waals surface area contributed by atoms with E-state index in [1.807, 2.05) is 20.8 Å². The average Bonchev–Trinajstić information content (AvgIpc) is 2.25. The fourth-order valence-corrected chi connectivity index (χ4v) is 1.58. The molecule has 0 aliphatic rings. The zero-order chi connectivity index (χ0) is 13.3. The molecule has 5 heteroatoms. The van der Waals surface area contributed by atoms with E-state index in [9.17, 15) is 9.59 Å². The molecule has 0 radical (unpaired) electrons. The van der Waals surface area contributed by atoms with E-state index in [0.29, 0.717) is 13.0 Å². The van der Waals surface area contributed by atoms with E-state index in [2.05, 4.69) is 10.6 Å². The molecule has 0 saturated heterocycles. The monoisotopic (exact) mass is 244 g/mol. The van der Waals surface area contributed by atoms with Crippen molar-refractivity contribution in [2.75, 3.05) is 13.1 Å². The molecule has 2 atom stereocenters. The SMILES string of the molecule is CCCC(CC(=O)O)NC(=O)C(C)CNCC. The second-order valence-electron chi connectivity index (χ2n) is 4.30. The third kappa shape index (κ3) is 7.74. The van der Waals surface area contributed by atoms with Crippen molar-refractivity contribution in [1.29, 1.82) is 0 Å². The number of carboxylic acid groups (broad SMARTS) is 1. The smallest absolute Gasteiger partial charge is 0.305 e. The molecule has 0 saturated carbocycles. The Bertz CT molecular complexity index is 244. The lowest BCUT2D eigenvalue weighted by Gasteiger charge is -2.19. The molecule has 100 valence electrons. The van der Waals surface area contributed by atoms with E-state index in [0.717, 1.165) is 13.0 Å². The standard InChI is InChI=1S/C12H24N2O3/c1-4-6-10(7-11(15)16)14-12(17)9(3)8-13-5-2/h9-10,13H,4-8H2,1-3H3,(H,14,17)(H,15,16). The summed E-state index contributed by atoms with van der Waals surface area (Å²) in [6, 6.07) is -0.255. The van der Waals surface area contributed by atoms with Crippen molar-refractivity contribution in [1.82, 2.24) is 10.6 Å². The van der Waals surface area contributed by atoms with E-state index in [4.69, 9.17) is 5.11 Å². The fraction of sp³-hybridized carbons (Fsp3) is 0.833. The maximum absolute atomic E-state index is 11.8. The van der Waals surface area contributed by atoms with Crippen LogP contribution in [-0.4, -0.2) is 36.1 Å². The quantitative estimate of drug-likeness (QED) is 0.565. The predicted molar refractivity (Wildman–Crippen MR) is 66.8 cm³/mol. The third-order valence-electron chi connectivity index (χ3n) is 2.55. The zero-order valence-corrected chi connectivity index (χ0v) is 11.0. The summed E-state index contributed by atoms with van der Waals surface area (Å²) in [5.41, 5.74) is 0. The van der Waals surface area contributed by atoms with Gasteiger partial charge >= 0.3 is 5.97 Å². The van der Waals surface area contributed by atoms with Gasteiger partial charge in [0.2, 0.25) is 5.91 Å². The van der Waals surface area contributed by atoms with Crippen LogP contribution in [0.5, 0.6) is 0 Å². The van der Waals surface area contributed by atoms with Gasteiger partial charge in [0.15, 0.2) is 0 Å². The van der Waals surface area contributed by atoms with Crippen molar-refractivity contribution in [2.45, 2.75) is 46.1 Å². The zero-order valence-electron chi connectivity index (χ0n) is 11.0. The number of rotatable bonds is 9. The fourth-order valence-electron chi connectivity index (χ4n) is 1.58. The Hall–Kier alpha value is -1.10. The molecule has 0 aromatic carbocycles. The van der Waals surface area contributed by atoms with Gasteiger partial charge in [0.25, 0.3) is 0 Å². The molecule has 0 bridgehead atoms. The summed E-state index contributed by atoms with van der Waals surface area (Å²) in [7, 11) is 0. The molecule has 0 rings (SSSR count). The number of nitrogens with one attached hydrogen (secondary N) is 2. The molecule has 1 amide bonds. The molecule has 0 heterocycles. The van der Waals surface area contributed by atoms with Crippen LogP contribution in [0.3, 0.4) is 0 Å². The predicted octanol–water partition coefficient (Wildman–Crippen LogP) is 0.992. The van der Waals surface area contributed by atoms with Crippen LogP contribution in [0.1, 0.15) is 40.0 Å². The Kier molecular flexibility index (Phi) is 8.40. The molecule has 2 unspecified atom stereocenters. The molecule has 0 aliphatic heterocycles. The maximum atomic E-state index is 11.8. The van der Waals surface area contributed by atoms with Crippen molar-refractivity contribution in [3.05, 3.63) is 0 Å². The van der Waals surface area contributed by atoms with E-state index in [1.54, 1.807) is 0 Å². The summed E-state index contributed by atoms with van der Waals surface area (Å²) < 4.78 is 0. The second kappa shape index (κ2) is 8.98. The Morgan fingerprint density at radius 1 is 1.29 bits per heavy atom. The van der Waals surface area contributed by atoms with Gasteiger partial charge in [0.1, 0.15) is 0 Å². The van der Waals surface area contributed by atoms with E-state index < -0.39 is 5.97 Å². The van der Waals surface area contributed by atoms with Gasteiger partial charge in [0, 0.05) is 18.5 Å². The Labute approximate surface area is 103 Å². The number of aliphatic carboxylic acids is 1. The average molecular weight is 244 g/mol. The first kappa shape index (κ1) is 15.9. The van der Waals surface area contributed by atoms with Crippen LogP contribution in [0, 0.1) is 5.92 Å². The highest BCUT2D eigenvalue weighted by Gasteiger charge is 2.18. The summed E-state index contributed by atoms with van der Waals surface area (Å²) in [5, 5.41) is 14.6. The number of carbonyl (C=O) groups excluding carboxylic acids is 1. The van der Waals surface area contributed by atoms with Gasteiger partial charge in [-0.25, -0.2) is 0 Å². The number of carbonyl (C=O) groups is 2. The lowest BCUT2D eigenvalue weighted by atomic mass is 10.1. The molecule has 0 fully saturated rings. The van der Waals surface area contributed by atoms with Crippen molar-refractivity contribution in [2.24, 2.45) is 5.92 Å². The van der Waals surface area contributed by atoms with E-state index >= 15 is 0 Å². The minimum atomic E-state index is -0.872. The van der Waals surface area contributed by atoms with Crippen molar-refractivity contribution in [3.8, 4) is 0 Å². The summed E-state index contributed by atoms with van der Waals surface area (Å²) in [5.74, 6) is -1.09. The first-order valence-corrected chi connectivity index (χ1v) is 6.24. The van der Waals surface area contributed by atoms with Gasteiger partial charge < -0.3 is 15.7 Å². The Balaban J connectivity index is 4.13. The van der Waals surface area contributed by atoms with Crippen LogP contribution >= 0.6 is 0 Å². The molecule has 3 N–H and O–H groups in total. The molecular formula is C12H24N2O3. The number of hydrogen-bond donors (Lipinski definition) is 3. The minimum absolute atomic E-state index is 0.00644. The van der Waals surface area contributed by atoms with Crippen molar-refractivity contribution >= 4 is 11.9 Å². The number of carboxylic acids is 1. The van der Waals surface area contributed by atoms with Crippen LogP contribution in [-0.2, 0) is 9.59 Å². The lowest BCUT2D eigenvalue weighted by Crippen LogP contribution is -2.42. The molecule has 0 aromatic heterocycles. The van der Waals surface area contributed by atoms with Crippen LogP contribution in [0.15, 0.2) is 0 Å². The maximum Gasteiger partial charge on any atom is 0.305 e. The Morgan fingerprint density at radius 3 is 2.41 bits per heavy atom. The van der Waals surface area contributed by atoms with Gasteiger partial charge in [0.05, 0.1) is 6.42 Å². The largest absolute Gasteiger partial charge is 0.481 e. The summed E-state index contributed by atoms with van der Waals surface area (Å²) >= 11 is 0. The van der Waals surface area contributed by atoms with Gasteiger partial charge in [-0.1, -0.05) is 27.2 Å². The summed E-state index contributed by atoms with van der Waals surface area (Å²) in [4.78, 5) is 22.4. The first-order valence-electron chi connectivity index (χ1n) is 6.24. The normalized spacial score (nSPS) is 14.1. The molecule has 5 nitrogen and oxygen atoms in total. The van der Waals surface area contributed by atoms with Gasteiger partial charge in [-0.15, -0.1) is 0 Å². The third-order valence-corrected chi connectivity index (χ3v) is 2.55. The van der Waals surface area contributed by atoms with Crippen molar-refractivity contribution in [3.63, 3.8) is 0 Å². The molecule has 0 aromatic rings. The van der Waals surface area contributed by atoms with Crippen molar-refractivity contribution < 1.29 is 14.7 Å². The van der Waals surface area contributed by atoms with Crippen LogP contribution in [0.25, 0.3) is 0 Å². The Morgan fingerprint density at radius 2 is 1.94 bits per heavy atom. The molecule has 0 aliphatic carbocycles. The van der Waals surface area contributed by atoms with Crippen LogP contribution < -0.4 is 10.6 Å². The second-order valence-corrected chi connectivity index (χ2v) is 4.30. The van der Waals surface area contributed by atoms with Crippen LogP contribution in [0.4, 0.5) is 0 Å². The highest BCUT2D eigenvalue weighted by atomic mass is 16.4. The van der Waals surface area contributed by atoms with E-state index in [-0.39, 0.29) is 24.3 Å². The topological polar surface area (TPSA) is 78.4 Å². The summed E-state index contributed by atoms with van der Waals surface area (Å²) in [6.07, 6.45) is 1.55. The van der Waals surface area contributed by atoms with Gasteiger partial charge in [-0.3, -0.25) is 9.59 Å². The highest BCUT2D eigenvalue weighted by molar-refractivity contribution is 5.79. The molecule has 0 spiro atoms. The van der Waals surface area contributed by atoms with Gasteiger partial charge in [-0.05, 0) is 13.0 Å². The lowest BCUT2D eigenvalue weighted by molar-refractivity contribution is -0.137. The highest BCUT2D eigenvalue weighted by Crippen LogP contribution is 2.04. The number of amides is 1. The van der Waals surface area contributed by atoms with Crippen LogP contribution in [0.2, 0.25) is 0 Å². The van der Waals surface area contributed by atoms with E-state index in [1.165, 1.54) is 0 Å².